The quantitative estimate of drug-likeness (QED) is 0.900. The standard InChI is InChI=1S/C17H23N3/c1-2-13-6-5-10-20(11-9-13)17-14-7-3-4-8-16(14)19-12-15(17)18/h3-4,7-8,12-13H,2,5-6,9-11,18H2,1H3. The zero-order valence-corrected chi connectivity index (χ0v) is 12.2. The van der Waals surface area contributed by atoms with Crippen molar-refractivity contribution in [1.82, 2.24) is 4.98 Å². The van der Waals surface area contributed by atoms with Gasteiger partial charge in [-0.2, -0.15) is 0 Å². The van der Waals surface area contributed by atoms with Crippen molar-refractivity contribution in [2.75, 3.05) is 23.7 Å². The fourth-order valence-corrected chi connectivity index (χ4v) is 3.29. The smallest absolute Gasteiger partial charge is 0.0745 e. The summed E-state index contributed by atoms with van der Waals surface area (Å²) in [5, 5.41) is 1.18. The number of pyridine rings is 1. The van der Waals surface area contributed by atoms with Crippen LogP contribution in [0.3, 0.4) is 0 Å². The van der Waals surface area contributed by atoms with Gasteiger partial charge < -0.3 is 10.6 Å². The van der Waals surface area contributed by atoms with Gasteiger partial charge in [0.1, 0.15) is 0 Å². The van der Waals surface area contributed by atoms with Crippen LogP contribution >= 0.6 is 0 Å². The van der Waals surface area contributed by atoms with Crippen molar-refractivity contribution in [1.29, 1.82) is 0 Å². The van der Waals surface area contributed by atoms with Crippen LogP contribution in [0, 0.1) is 5.92 Å². The summed E-state index contributed by atoms with van der Waals surface area (Å²) < 4.78 is 0. The minimum Gasteiger partial charge on any atom is -0.396 e. The Morgan fingerprint density at radius 1 is 1.25 bits per heavy atom. The molecule has 1 saturated heterocycles. The van der Waals surface area contributed by atoms with E-state index in [9.17, 15) is 0 Å². The first-order valence-corrected chi connectivity index (χ1v) is 7.67. The molecule has 1 aliphatic heterocycles. The number of aromatic nitrogens is 1. The summed E-state index contributed by atoms with van der Waals surface area (Å²) in [4.78, 5) is 6.91. The molecule has 1 aromatic heterocycles. The first-order valence-electron chi connectivity index (χ1n) is 7.67. The van der Waals surface area contributed by atoms with Crippen molar-refractivity contribution in [3.05, 3.63) is 30.5 Å². The van der Waals surface area contributed by atoms with E-state index in [2.05, 4.69) is 35.0 Å². The first-order chi connectivity index (χ1) is 9.79. The van der Waals surface area contributed by atoms with E-state index in [0.717, 1.165) is 30.2 Å². The number of nitrogens with zero attached hydrogens (tertiary/aromatic N) is 2. The number of hydrogen-bond acceptors (Lipinski definition) is 3. The lowest BCUT2D eigenvalue weighted by Crippen LogP contribution is -2.25. The zero-order valence-electron chi connectivity index (χ0n) is 12.2. The number of fused-ring (bicyclic) bond motifs is 1. The van der Waals surface area contributed by atoms with E-state index in [-0.39, 0.29) is 0 Å². The molecule has 3 rings (SSSR count). The molecule has 0 saturated carbocycles. The van der Waals surface area contributed by atoms with E-state index < -0.39 is 0 Å². The van der Waals surface area contributed by atoms with Crippen LogP contribution < -0.4 is 10.6 Å². The van der Waals surface area contributed by atoms with E-state index in [1.165, 1.54) is 36.8 Å². The molecule has 20 heavy (non-hydrogen) atoms. The van der Waals surface area contributed by atoms with E-state index in [1.54, 1.807) is 6.20 Å². The van der Waals surface area contributed by atoms with Crippen molar-refractivity contribution < 1.29 is 0 Å². The van der Waals surface area contributed by atoms with Crippen molar-refractivity contribution in [2.24, 2.45) is 5.92 Å². The molecular weight excluding hydrogens is 246 g/mol. The van der Waals surface area contributed by atoms with E-state index in [0.29, 0.717) is 0 Å². The molecule has 1 aromatic carbocycles. The lowest BCUT2D eigenvalue weighted by Gasteiger charge is -2.25. The predicted octanol–water partition coefficient (Wildman–Crippen LogP) is 3.83. The molecule has 0 amide bonds. The van der Waals surface area contributed by atoms with Gasteiger partial charge in [0.25, 0.3) is 0 Å². The van der Waals surface area contributed by atoms with Crippen LogP contribution in [0.1, 0.15) is 32.6 Å². The number of para-hydroxylation sites is 1. The fraction of sp³-hybridized carbons (Fsp3) is 0.471. The Morgan fingerprint density at radius 2 is 2.10 bits per heavy atom. The number of hydrogen-bond donors (Lipinski definition) is 1. The van der Waals surface area contributed by atoms with Gasteiger partial charge in [0.05, 0.1) is 23.1 Å². The molecule has 3 heteroatoms. The molecule has 0 radical (unpaired) electrons. The predicted molar refractivity (Wildman–Crippen MR) is 86.0 cm³/mol. The van der Waals surface area contributed by atoms with E-state index in [1.807, 2.05) is 6.07 Å². The van der Waals surface area contributed by atoms with Crippen molar-refractivity contribution in [3.8, 4) is 0 Å². The summed E-state index contributed by atoms with van der Waals surface area (Å²) in [6.45, 7) is 4.52. The number of benzene rings is 1. The average Bonchev–Trinajstić information content (AvgIpc) is 2.72. The molecule has 0 bridgehead atoms. The molecule has 0 aliphatic carbocycles. The molecule has 3 nitrogen and oxygen atoms in total. The Hall–Kier alpha value is -1.77. The fourth-order valence-electron chi connectivity index (χ4n) is 3.29. The van der Waals surface area contributed by atoms with Gasteiger partial charge in [-0.25, -0.2) is 0 Å². The Labute approximate surface area is 120 Å². The maximum Gasteiger partial charge on any atom is 0.0745 e. The lowest BCUT2D eigenvalue weighted by atomic mass is 9.98. The van der Waals surface area contributed by atoms with Gasteiger partial charge in [-0.05, 0) is 31.2 Å². The number of anilines is 2. The summed E-state index contributed by atoms with van der Waals surface area (Å²) in [5.41, 5.74) is 9.26. The van der Waals surface area contributed by atoms with Gasteiger partial charge in [-0.3, -0.25) is 4.98 Å². The summed E-state index contributed by atoms with van der Waals surface area (Å²) in [6, 6.07) is 8.30. The van der Waals surface area contributed by atoms with Gasteiger partial charge in [0.2, 0.25) is 0 Å². The number of rotatable bonds is 2. The van der Waals surface area contributed by atoms with Gasteiger partial charge in [0, 0.05) is 18.5 Å². The lowest BCUT2D eigenvalue weighted by molar-refractivity contribution is 0.459. The number of nitrogen functional groups attached to an aromatic ring is 1. The number of nitrogens with two attached hydrogens (primary N) is 1. The van der Waals surface area contributed by atoms with Gasteiger partial charge in [-0.1, -0.05) is 31.5 Å². The third kappa shape index (κ3) is 2.45. The van der Waals surface area contributed by atoms with E-state index in [4.69, 9.17) is 5.73 Å². The van der Waals surface area contributed by atoms with Gasteiger partial charge in [0.15, 0.2) is 0 Å². The molecule has 106 valence electrons. The maximum atomic E-state index is 6.23. The van der Waals surface area contributed by atoms with Crippen LogP contribution in [0.15, 0.2) is 30.5 Å². The van der Waals surface area contributed by atoms with Crippen LogP contribution in [0.4, 0.5) is 11.4 Å². The highest BCUT2D eigenvalue weighted by molar-refractivity contribution is 5.97. The molecule has 1 fully saturated rings. The Kier molecular flexibility index (Phi) is 3.77. The molecule has 2 N–H and O–H groups in total. The molecular formula is C17H23N3. The molecule has 1 unspecified atom stereocenters. The van der Waals surface area contributed by atoms with Crippen LogP contribution in [-0.4, -0.2) is 18.1 Å². The second-order valence-corrected chi connectivity index (χ2v) is 5.77. The van der Waals surface area contributed by atoms with Gasteiger partial charge in [-0.15, -0.1) is 0 Å². The Balaban J connectivity index is 1.98. The molecule has 2 heterocycles. The summed E-state index contributed by atoms with van der Waals surface area (Å²) in [7, 11) is 0. The minimum atomic E-state index is 0.804. The zero-order chi connectivity index (χ0) is 13.9. The topological polar surface area (TPSA) is 42.1 Å². The SMILES string of the molecule is CCC1CCCN(c2c(N)cnc3ccccc23)CC1. The van der Waals surface area contributed by atoms with Crippen molar-refractivity contribution in [3.63, 3.8) is 0 Å². The third-order valence-corrected chi connectivity index (χ3v) is 4.52. The van der Waals surface area contributed by atoms with Crippen LogP contribution in [0.25, 0.3) is 10.9 Å². The van der Waals surface area contributed by atoms with E-state index >= 15 is 0 Å². The second-order valence-electron chi connectivity index (χ2n) is 5.77. The molecule has 2 aromatic rings. The van der Waals surface area contributed by atoms with Crippen LogP contribution in [0.2, 0.25) is 0 Å². The van der Waals surface area contributed by atoms with Crippen molar-refractivity contribution in [2.45, 2.75) is 32.6 Å². The monoisotopic (exact) mass is 269 g/mol. The average molecular weight is 269 g/mol. The summed E-state index contributed by atoms with van der Waals surface area (Å²) in [5.74, 6) is 0.870. The maximum absolute atomic E-state index is 6.23. The first kappa shape index (κ1) is 13.2. The third-order valence-electron chi connectivity index (χ3n) is 4.52. The Bertz CT molecular complexity index is 594. The molecule has 0 spiro atoms. The largest absolute Gasteiger partial charge is 0.396 e. The highest BCUT2D eigenvalue weighted by Crippen LogP contribution is 2.33. The molecule has 1 aliphatic rings. The van der Waals surface area contributed by atoms with Crippen LogP contribution in [-0.2, 0) is 0 Å². The van der Waals surface area contributed by atoms with Crippen LogP contribution in [0.5, 0.6) is 0 Å². The van der Waals surface area contributed by atoms with Crippen molar-refractivity contribution >= 4 is 22.3 Å². The van der Waals surface area contributed by atoms with Gasteiger partial charge >= 0.3 is 0 Å². The second kappa shape index (κ2) is 5.70. The highest BCUT2D eigenvalue weighted by atomic mass is 15.1. The molecule has 1 atom stereocenters. The summed E-state index contributed by atoms with van der Waals surface area (Å²) in [6.07, 6.45) is 6.97. The minimum absolute atomic E-state index is 0.804. The summed E-state index contributed by atoms with van der Waals surface area (Å²) >= 11 is 0. The normalized spacial score (nSPS) is 20.1. The Morgan fingerprint density at radius 3 is 2.95 bits per heavy atom. The highest BCUT2D eigenvalue weighted by Gasteiger charge is 2.19.